The third-order valence-electron chi connectivity index (χ3n) is 4.16. The van der Waals surface area contributed by atoms with Crippen LogP contribution in [-0.2, 0) is 24.1 Å². The molecule has 8 heteroatoms. The summed E-state index contributed by atoms with van der Waals surface area (Å²) < 4.78 is 45.1. The zero-order valence-corrected chi connectivity index (χ0v) is 16.0. The molecule has 0 atom stereocenters. The van der Waals surface area contributed by atoms with Crippen LogP contribution in [0.1, 0.15) is 16.9 Å². The maximum absolute atomic E-state index is 13.2. The van der Waals surface area contributed by atoms with Gasteiger partial charge < -0.3 is 9.73 Å². The van der Waals surface area contributed by atoms with E-state index in [1.165, 1.54) is 18.4 Å². The van der Waals surface area contributed by atoms with Crippen molar-refractivity contribution in [3.8, 4) is 0 Å². The predicted octanol–water partition coefficient (Wildman–Crippen LogP) is 5.59. The van der Waals surface area contributed by atoms with Crippen LogP contribution >= 0.6 is 11.6 Å². The Morgan fingerprint density at radius 2 is 1.76 bits per heavy atom. The van der Waals surface area contributed by atoms with Gasteiger partial charge in [-0.15, -0.1) is 0 Å². The summed E-state index contributed by atoms with van der Waals surface area (Å²) in [6.45, 7) is 0.603. The number of furan rings is 1. The number of amides is 1. The Labute approximate surface area is 170 Å². The molecule has 29 heavy (non-hydrogen) atoms. The molecule has 0 saturated heterocycles. The number of anilines is 1. The van der Waals surface area contributed by atoms with Crippen LogP contribution < -0.4 is 5.32 Å². The number of nitrogens with zero attached hydrogens (tertiary/aromatic N) is 1. The van der Waals surface area contributed by atoms with Crippen LogP contribution in [0.2, 0.25) is 5.02 Å². The van der Waals surface area contributed by atoms with E-state index in [0.29, 0.717) is 18.8 Å². The molecular weight excluding hydrogens is 405 g/mol. The van der Waals surface area contributed by atoms with Crippen molar-refractivity contribution in [3.05, 3.63) is 88.8 Å². The highest BCUT2D eigenvalue weighted by molar-refractivity contribution is 6.34. The Morgan fingerprint density at radius 1 is 1.00 bits per heavy atom. The molecule has 1 heterocycles. The lowest BCUT2D eigenvalue weighted by molar-refractivity contribution is -0.137. The van der Waals surface area contributed by atoms with Crippen molar-refractivity contribution < 1.29 is 22.4 Å². The smallest absolute Gasteiger partial charge is 0.418 e. The van der Waals surface area contributed by atoms with Gasteiger partial charge in [0.25, 0.3) is 0 Å². The van der Waals surface area contributed by atoms with E-state index in [2.05, 4.69) is 5.32 Å². The fourth-order valence-corrected chi connectivity index (χ4v) is 3.12. The van der Waals surface area contributed by atoms with Crippen molar-refractivity contribution in [2.24, 2.45) is 0 Å². The summed E-state index contributed by atoms with van der Waals surface area (Å²) in [6.07, 6.45) is -3.11. The van der Waals surface area contributed by atoms with Crippen LogP contribution in [0, 0.1) is 0 Å². The van der Waals surface area contributed by atoms with E-state index < -0.39 is 23.3 Å². The molecule has 1 aromatic heterocycles. The van der Waals surface area contributed by atoms with E-state index in [9.17, 15) is 18.0 Å². The molecule has 3 rings (SSSR count). The first-order valence-electron chi connectivity index (χ1n) is 8.77. The van der Waals surface area contributed by atoms with E-state index in [-0.39, 0.29) is 11.6 Å². The fraction of sp³-hybridized carbons (Fsp3) is 0.190. The molecule has 152 valence electrons. The maximum atomic E-state index is 13.2. The number of benzene rings is 2. The topological polar surface area (TPSA) is 45.5 Å². The molecule has 1 N–H and O–H groups in total. The minimum Gasteiger partial charge on any atom is -0.468 e. The molecule has 0 spiro atoms. The van der Waals surface area contributed by atoms with E-state index in [1.807, 2.05) is 30.3 Å². The van der Waals surface area contributed by atoms with Gasteiger partial charge in [-0.3, -0.25) is 9.69 Å². The van der Waals surface area contributed by atoms with Crippen LogP contribution in [-0.4, -0.2) is 17.4 Å². The van der Waals surface area contributed by atoms with Crippen molar-refractivity contribution in [2.45, 2.75) is 19.3 Å². The van der Waals surface area contributed by atoms with Gasteiger partial charge in [0.05, 0.1) is 35.6 Å². The molecule has 0 bridgehead atoms. The molecule has 1 amide bonds. The van der Waals surface area contributed by atoms with Crippen molar-refractivity contribution in [3.63, 3.8) is 0 Å². The first-order valence-corrected chi connectivity index (χ1v) is 9.15. The number of carbonyl (C=O) groups excluding carboxylic acids is 1. The van der Waals surface area contributed by atoms with Crippen molar-refractivity contribution >= 4 is 23.2 Å². The Bertz CT molecular complexity index is 944. The Morgan fingerprint density at radius 3 is 2.41 bits per heavy atom. The highest BCUT2D eigenvalue weighted by Crippen LogP contribution is 2.38. The van der Waals surface area contributed by atoms with Gasteiger partial charge >= 0.3 is 6.18 Å². The zero-order valence-electron chi connectivity index (χ0n) is 15.2. The molecule has 0 saturated carbocycles. The van der Waals surface area contributed by atoms with Gasteiger partial charge in [0.2, 0.25) is 5.91 Å². The van der Waals surface area contributed by atoms with Gasteiger partial charge in [0.1, 0.15) is 5.76 Å². The molecule has 0 aliphatic carbocycles. The lowest BCUT2D eigenvalue weighted by Gasteiger charge is -2.22. The molecular formula is C21H18ClF3N2O2. The van der Waals surface area contributed by atoms with Gasteiger partial charge in [-0.25, -0.2) is 0 Å². The van der Waals surface area contributed by atoms with Gasteiger partial charge in [0.15, 0.2) is 0 Å². The Kier molecular flexibility index (Phi) is 6.61. The lowest BCUT2D eigenvalue weighted by Crippen LogP contribution is -2.33. The minimum atomic E-state index is -4.63. The van der Waals surface area contributed by atoms with E-state index in [0.717, 1.165) is 11.6 Å². The first-order chi connectivity index (χ1) is 13.8. The summed E-state index contributed by atoms with van der Waals surface area (Å²) in [4.78, 5) is 14.3. The van der Waals surface area contributed by atoms with Crippen molar-refractivity contribution in [1.29, 1.82) is 0 Å². The number of hydrogen-bond acceptors (Lipinski definition) is 3. The highest BCUT2D eigenvalue weighted by Gasteiger charge is 2.34. The second-order valence-corrected chi connectivity index (χ2v) is 6.83. The molecule has 0 unspecified atom stereocenters. The molecule has 0 radical (unpaired) electrons. The van der Waals surface area contributed by atoms with E-state index in [1.54, 1.807) is 17.0 Å². The summed E-state index contributed by atoms with van der Waals surface area (Å²) in [5, 5.41) is 2.15. The number of hydrogen-bond donors (Lipinski definition) is 1. The quantitative estimate of drug-likeness (QED) is 0.539. The third kappa shape index (κ3) is 5.85. The van der Waals surface area contributed by atoms with Gasteiger partial charge in [-0.1, -0.05) is 48.0 Å². The number of rotatable bonds is 7. The third-order valence-corrected chi connectivity index (χ3v) is 4.47. The summed E-state index contributed by atoms with van der Waals surface area (Å²) in [6, 6.07) is 16.3. The molecule has 2 aromatic carbocycles. The van der Waals surface area contributed by atoms with Gasteiger partial charge in [0, 0.05) is 6.54 Å². The van der Waals surface area contributed by atoms with Crippen LogP contribution in [0.3, 0.4) is 0 Å². The SMILES string of the molecule is O=C(CN(Cc1ccccc1)Cc1ccco1)Nc1c(Cl)cccc1C(F)(F)F. The normalized spacial score (nSPS) is 11.6. The first kappa shape index (κ1) is 21.0. The van der Waals surface area contributed by atoms with Crippen LogP contribution in [0.15, 0.2) is 71.3 Å². The number of halogens is 4. The number of alkyl halides is 3. The summed E-state index contributed by atoms with van der Waals surface area (Å²) >= 11 is 5.92. The fourth-order valence-electron chi connectivity index (χ4n) is 2.90. The molecule has 0 aliphatic heterocycles. The second kappa shape index (κ2) is 9.15. The monoisotopic (exact) mass is 422 g/mol. The van der Waals surface area contributed by atoms with Crippen LogP contribution in [0.25, 0.3) is 0 Å². The largest absolute Gasteiger partial charge is 0.468 e. The van der Waals surface area contributed by atoms with Gasteiger partial charge in [-0.2, -0.15) is 13.2 Å². The average Bonchev–Trinajstić information content (AvgIpc) is 3.16. The van der Waals surface area contributed by atoms with E-state index in [4.69, 9.17) is 16.0 Å². The van der Waals surface area contributed by atoms with Crippen molar-refractivity contribution in [2.75, 3.05) is 11.9 Å². The molecule has 3 aromatic rings. The number of nitrogens with one attached hydrogen (secondary N) is 1. The number of carbonyl (C=O) groups is 1. The van der Waals surface area contributed by atoms with Crippen LogP contribution in [0.4, 0.5) is 18.9 Å². The summed E-state index contributed by atoms with van der Waals surface area (Å²) in [5.74, 6) is 0.0357. The Hall–Kier alpha value is -2.77. The van der Waals surface area contributed by atoms with E-state index >= 15 is 0 Å². The zero-order chi connectivity index (χ0) is 20.9. The maximum Gasteiger partial charge on any atom is 0.418 e. The highest BCUT2D eigenvalue weighted by atomic mass is 35.5. The molecule has 4 nitrogen and oxygen atoms in total. The average molecular weight is 423 g/mol. The predicted molar refractivity (Wildman–Crippen MR) is 104 cm³/mol. The Balaban J connectivity index is 1.76. The van der Waals surface area contributed by atoms with Crippen molar-refractivity contribution in [1.82, 2.24) is 4.90 Å². The summed E-state index contributed by atoms with van der Waals surface area (Å²) in [7, 11) is 0. The minimum absolute atomic E-state index is 0.141. The number of para-hydroxylation sites is 1. The summed E-state index contributed by atoms with van der Waals surface area (Å²) in [5.41, 5.74) is -0.469. The van der Waals surface area contributed by atoms with Gasteiger partial charge in [-0.05, 0) is 29.8 Å². The molecule has 0 aliphatic rings. The standard InChI is InChI=1S/C21H18ClF3N2O2/c22-18-10-4-9-17(21(23,24)25)20(18)26-19(28)14-27(13-16-8-5-11-29-16)12-15-6-2-1-3-7-15/h1-11H,12-14H2,(H,26,28). The molecule has 0 fully saturated rings. The lowest BCUT2D eigenvalue weighted by atomic mass is 10.1. The second-order valence-electron chi connectivity index (χ2n) is 6.42. The van der Waals surface area contributed by atoms with Crippen LogP contribution in [0.5, 0.6) is 0 Å².